The Morgan fingerprint density at radius 3 is 2.67 bits per heavy atom. The molecule has 7 heteroatoms. The fourth-order valence-corrected chi connectivity index (χ4v) is 2.88. The van der Waals surface area contributed by atoms with Gasteiger partial charge < -0.3 is 9.67 Å². The van der Waals surface area contributed by atoms with Crippen molar-refractivity contribution in [2.24, 2.45) is 0 Å². The van der Waals surface area contributed by atoms with Crippen molar-refractivity contribution in [2.45, 2.75) is 31.5 Å². The van der Waals surface area contributed by atoms with Gasteiger partial charge in [-0.15, -0.1) is 10.2 Å². The van der Waals surface area contributed by atoms with Crippen LogP contribution in [0.15, 0.2) is 33.9 Å². The van der Waals surface area contributed by atoms with E-state index in [9.17, 15) is 4.79 Å². The van der Waals surface area contributed by atoms with Gasteiger partial charge in [0.1, 0.15) is 5.82 Å². The number of rotatable bonds is 7. The summed E-state index contributed by atoms with van der Waals surface area (Å²) in [6.07, 6.45) is 1.64. The molecule has 0 saturated heterocycles. The zero-order valence-electron chi connectivity index (χ0n) is 11.6. The van der Waals surface area contributed by atoms with Crippen molar-refractivity contribution in [3.63, 3.8) is 0 Å². The van der Waals surface area contributed by atoms with Crippen molar-refractivity contribution in [2.75, 3.05) is 5.75 Å². The fourth-order valence-electron chi connectivity index (χ4n) is 1.92. The molecule has 0 bridgehead atoms. The van der Waals surface area contributed by atoms with Crippen LogP contribution in [0.3, 0.4) is 0 Å². The Balaban J connectivity index is 2.18. The summed E-state index contributed by atoms with van der Waals surface area (Å²) in [4.78, 5) is 10.7. The van der Waals surface area contributed by atoms with Crippen molar-refractivity contribution in [1.82, 2.24) is 14.8 Å². The Morgan fingerprint density at radius 1 is 1.33 bits per heavy atom. The third kappa shape index (κ3) is 4.57. The molecule has 0 unspecified atom stereocenters. The van der Waals surface area contributed by atoms with Gasteiger partial charge >= 0.3 is 5.97 Å². The molecule has 1 N–H and O–H groups in total. The molecule has 112 valence electrons. The molecule has 0 radical (unpaired) electrons. The molecule has 21 heavy (non-hydrogen) atoms. The maximum atomic E-state index is 10.7. The second-order valence-corrected chi connectivity index (χ2v) is 6.39. The molecule has 0 fully saturated rings. The predicted molar refractivity (Wildman–Crippen MR) is 85.6 cm³/mol. The molecule has 2 aromatic rings. The van der Waals surface area contributed by atoms with Crippen molar-refractivity contribution in [3.8, 4) is 0 Å². The molecule has 1 aromatic heterocycles. The van der Waals surface area contributed by atoms with Crippen LogP contribution in [-0.4, -0.2) is 31.6 Å². The van der Waals surface area contributed by atoms with Gasteiger partial charge in [0.2, 0.25) is 0 Å². The molecule has 0 atom stereocenters. The monoisotopic (exact) mass is 369 g/mol. The van der Waals surface area contributed by atoms with Crippen molar-refractivity contribution in [3.05, 3.63) is 40.1 Å². The third-order valence-electron chi connectivity index (χ3n) is 2.84. The van der Waals surface area contributed by atoms with Crippen LogP contribution in [0.4, 0.5) is 0 Å². The van der Waals surface area contributed by atoms with E-state index in [1.165, 1.54) is 11.8 Å². The molecule has 1 heterocycles. The topological polar surface area (TPSA) is 68.0 Å². The van der Waals surface area contributed by atoms with Gasteiger partial charge in [0.15, 0.2) is 5.16 Å². The zero-order chi connectivity index (χ0) is 15.2. The Bertz CT molecular complexity index is 613. The molecule has 1 aromatic carbocycles. The van der Waals surface area contributed by atoms with E-state index in [1.54, 1.807) is 0 Å². The van der Waals surface area contributed by atoms with E-state index >= 15 is 0 Å². The lowest BCUT2D eigenvalue weighted by Gasteiger charge is -2.08. The minimum atomic E-state index is -0.847. The average molecular weight is 370 g/mol. The van der Waals surface area contributed by atoms with Gasteiger partial charge in [0.05, 0.1) is 5.75 Å². The maximum absolute atomic E-state index is 10.7. The molecule has 0 amide bonds. The third-order valence-corrected chi connectivity index (χ3v) is 4.32. The first kappa shape index (κ1) is 16.0. The lowest BCUT2D eigenvalue weighted by atomic mass is 10.1. The smallest absolute Gasteiger partial charge is 0.313 e. The Morgan fingerprint density at radius 2 is 2.05 bits per heavy atom. The van der Waals surface area contributed by atoms with E-state index in [0.717, 1.165) is 28.8 Å². The molecule has 0 aliphatic heterocycles. The first-order valence-corrected chi connectivity index (χ1v) is 8.39. The Kier molecular flexibility index (Phi) is 5.81. The van der Waals surface area contributed by atoms with Gasteiger partial charge in [-0.2, -0.15) is 0 Å². The number of halogens is 1. The van der Waals surface area contributed by atoms with Crippen molar-refractivity contribution in [1.29, 1.82) is 0 Å². The summed E-state index contributed by atoms with van der Waals surface area (Å²) in [7, 11) is 0. The minimum absolute atomic E-state index is 0.000130. The summed E-state index contributed by atoms with van der Waals surface area (Å²) < 4.78 is 3.05. The molecule has 0 spiro atoms. The van der Waals surface area contributed by atoms with Crippen LogP contribution in [0.2, 0.25) is 0 Å². The number of thioether (sulfide) groups is 1. The second kappa shape index (κ2) is 7.61. The molecule has 5 nitrogen and oxygen atoms in total. The number of aliphatic carboxylic acids is 1. The number of hydrogen-bond acceptors (Lipinski definition) is 4. The highest BCUT2D eigenvalue weighted by Gasteiger charge is 2.13. The lowest BCUT2D eigenvalue weighted by molar-refractivity contribution is -0.133. The number of benzene rings is 1. The van der Waals surface area contributed by atoms with E-state index < -0.39 is 5.97 Å². The minimum Gasteiger partial charge on any atom is -0.481 e. The highest BCUT2D eigenvalue weighted by Crippen LogP contribution is 2.20. The molecule has 0 saturated carbocycles. The number of aromatic nitrogens is 3. The Labute approximate surface area is 135 Å². The van der Waals surface area contributed by atoms with E-state index in [2.05, 4.69) is 33.1 Å². The van der Waals surface area contributed by atoms with Gasteiger partial charge in [0, 0.05) is 17.4 Å². The Hall–Kier alpha value is -1.34. The van der Waals surface area contributed by atoms with Gasteiger partial charge in [-0.05, 0) is 24.1 Å². The number of carboxylic acids is 1. The van der Waals surface area contributed by atoms with Crippen LogP contribution >= 0.6 is 27.7 Å². The number of nitrogens with zero attached hydrogens (tertiary/aromatic N) is 3. The van der Waals surface area contributed by atoms with Crippen LogP contribution in [0.1, 0.15) is 24.7 Å². The summed E-state index contributed by atoms with van der Waals surface area (Å²) in [5.74, 6) is 0.0210. The van der Waals surface area contributed by atoms with E-state index in [1.807, 2.05) is 28.8 Å². The zero-order valence-corrected chi connectivity index (χ0v) is 14.0. The summed E-state index contributed by atoms with van der Waals surface area (Å²) in [6.45, 7) is 2.87. The van der Waals surface area contributed by atoms with Crippen molar-refractivity contribution >= 4 is 33.7 Å². The van der Waals surface area contributed by atoms with Gasteiger partial charge in [0.25, 0.3) is 0 Å². The van der Waals surface area contributed by atoms with Crippen LogP contribution in [-0.2, 0) is 17.8 Å². The molecule has 2 rings (SSSR count). The highest BCUT2D eigenvalue weighted by molar-refractivity contribution is 9.10. The molecular weight excluding hydrogens is 354 g/mol. The van der Waals surface area contributed by atoms with E-state index in [-0.39, 0.29) is 5.75 Å². The summed E-state index contributed by atoms with van der Waals surface area (Å²) in [5.41, 5.74) is 1.15. The quantitative estimate of drug-likeness (QED) is 0.758. The largest absolute Gasteiger partial charge is 0.481 e. The van der Waals surface area contributed by atoms with Crippen LogP contribution in [0.25, 0.3) is 0 Å². The molecular formula is C14H16BrN3O2S. The van der Waals surface area contributed by atoms with Gasteiger partial charge in [-0.1, -0.05) is 46.7 Å². The fraction of sp³-hybridized carbons (Fsp3) is 0.357. The van der Waals surface area contributed by atoms with Crippen LogP contribution in [0, 0.1) is 0 Å². The lowest BCUT2D eigenvalue weighted by Crippen LogP contribution is -2.07. The maximum Gasteiger partial charge on any atom is 0.313 e. The normalized spacial score (nSPS) is 10.8. The van der Waals surface area contributed by atoms with Gasteiger partial charge in [-0.25, -0.2) is 0 Å². The first-order valence-electron chi connectivity index (χ1n) is 6.61. The van der Waals surface area contributed by atoms with Gasteiger partial charge in [-0.3, -0.25) is 4.79 Å². The van der Waals surface area contributed by atoms with Crippen LogP contribution < -0.4 is 0 Å². The van der Waals surface area contributed by atoms with Crippen molar-refractivity contribution < 1.29 is 9.90 Å². The summed E-state index contributed by atoms with van der Waals surface area (Å²) in [6, 6.07) is 8.07. The van der Waals surface area contributed by atoms with Crippen LogP contribution in [0.5, 0.6) is 0 Å². The standard InChI is InChI=1S/C14H16BrN3O2S/c1-2-7-18-12(8-10-3-5-11(15)6-4-10)16-17-14(18)21-9-13(19)20/h3-6H,2,7-9H2,1H3,(H,19,20). The number of carboxylic acid groups (broad SMARTS) is 1. The SMILES string of the molecule is CCCn1c(Cc2ccc(Br)cc2)nnc1SCC(=O)O. The van der Waals surface area contributed by atoms with E-state index in [0.29, 0.717) is 11.6 Å². The number of hydrogen-bond donors (Lipinski definition) is 1. The number of carbonyl (C=O) groups is 1. The summed E-state index contributed by atoms with van der Waals surface area (Å²) >= 11 is 4.63. The second-order valence-electron chi connectivity index (χ2n) is 4.54. The van der Waals surface area contributed by atoms with E-state index in [4.69, 9.17) is 5.11 Å². The molecule has 0 aliphatic carbocycles. The highest BCUT2D eigenvalue weighted by atomic mass is 79.9. The molecule has 0 aliphatic rings. The average Bonchev–Trinajstić information content (AvgIpc) is 2.82. The first-order chi connectivity index (χ1) is 10.1. The predicted octanol–water partition coefficient (Wildman–Crippen LogP) is 3.22. The summed E-state index contributed by atoms with van der Waals surface area (Å²) in [5, 5.41) is 17.8.